The molecule has 1 aromatic heterocycles. The van der Waals surface area contributed by atoms with E-state index in [0.717, 1.165) is 41.7 Å². The molecular weight excluding hydrogens is 360 g/mol. The van der Waals surface area contributed by atoms with Crippen molar-refractivity contribution in [1.29, 1.82) is 0 Å². The van der Waals surface area contributed by atoms with Crippen molar-refractivity contribution in [3.05, 3.63) is 49.9 Å². The number of carbonyl (C=O) groups excluding carboxylic acids is 1. The lowest BCUT2D eigenvalue weighted by Gasteiger charge is -2.31. The largest absolute Gasteiger partial charge is 0.339 e. The molecule has 2 aromatic rings. The Morgan fingerprint density at radius 1 is 1.27 bits per heavy atom. The third-order valence-corrected chi connectivity index (χ3v) is 6.21. The van der Waals surface area contributed by atoms with E-state index in [1.165, 1.54) is 9.88 Å². The third kappa shape index (κ3) is 3.10. The average molecular weight is 379 g/mol. The zero-order valence-electron chi connectivity index (χ0n) is 12.8. The van der Waals surface area contributed by atoms with Crippen molar-refractivity contribution in [3.8, 4) is 0 Å². The minimum absolute atomic E-state index is 0.123. The summed E-state index contributed by atoms with van der Waals surface area (Å²) in [5.41, 5.74) is 1.90. The molecule has 5 heteroatoms. The molecule has 0 aliphatic carbocycles. The van der Waals surface area contributed by atoms with Crippen molar-refractivity contribution >= 4 is 33.2 Å². The second kappa shape index (κ2) is 6.50. The Hall–Kier alpha value is -1.20. The van der Waals surface area contributed by atoms with Crippen molar-refractivity contribution in [1.82, 2.24) is 9.88 Å². The van der Waals surface area contributed by atoms with Gasteiger partial charge >= 0.3 is 0 Å². The summed E-state index contributed by atoms with van der Waals surface area (Å²) in [6.07, 6.45) is 2.01. The minimum atomic E-state index is 0.123. The molecule has 0 N–H and O–H groups in total. The number of carbonyl (C=O) groups is 1. The van der Waals surface area contributed by atoms with Gasteiger partial charge in [0.15, 0.2) is 0 Å². The van der Waals surface area contributed by atoms with E-state index in [0.29, 0.717) is 5.92 Å². The summed E-state index contributed by atoms with van der Waals surface area (Å²) in [7, 11) is 0. The molecule has 116 valence electrons. The summed E-state index contributed by atoms with van der Waals surface area (Å²) in [6, 6.07) is 7.64. The van der Waals surface area contributed by atoms with Gasteiger partial charge in [0.2, 0.25) is 0 Å². The molecule has 2 heterocycles. The van der Waals surface area contributed by atoms with Crippen LogP contribution >= 0.6 is 27.3 Å². The Kier molecular flexibility index (Phi) is 4.64. The van der Waals surface area contributed by atoms with Crippen LogP contribution in [0.25, 0.3) is 0 Å². The summed E-state index contributed by atoms with van der Waals surface area (Å²) in [6.45, 7) is 5.81. The number of halogens is 1. The smallest absolute Gasteiger partial charge is 0.254 e. The average Bonchev–Trinajstić information content (AvgIpc) is 2.87. The first-order chi connectivity index (χ1) is 10.6. The van der Waals surface area contributed by atoms with Gasteiger partial charge in [0.25, 0.3) is 5.91 Å². The number of rotatable bonds is 2. The highest BCUT2D eigenvalue weighted by atomic mass is 79.9. The van der Waals surface area contributed by atoms with Crippen LogP contribution in [0, 0.1) is 13.8 Å². The predicted molar refractivity (Wildman–Crippen MR) is 93.6 cm³/mol. The number of piperidine rings is 1. The van der Waals surface area contributed by atoms with Crippen molar-refractivity contribution < 1.29 is 4.79 Å². The third-order valence-electron chi connectivity index (χ3n) is 4.28. The number of likely N-dealkylation sites (tertiary alicyclic amines) is 1. The van der Waals surface area contributed by atoms with Crippen LogP contribution in [-0.2, 0) is 0 Å². The first-order valence-corrected chi connectivity index (χ1v) is 9.15. The van der Waals surface area contributed by atoms with E-state index in [9.17, 15) is 4.79 Å². The first kappa shape index (κ1) is 15.7. The summed E-state index contributed by atoms with van der Waals surface area (Å²) in [5, 5.41) is 1.24. The molecule has 22 heavy (non-hydrogen) atoms. The highest BCUT2D eigenvalue weighted by molar-refractivity contribution is 9.10. The number of aryl methyl sites for hydroxylation is 2. The van der Waals surface area contributed by atoms with Crippen LogP contribution in [-0.4, -0.2) is 28.9 Å². The summed E-state index contributed by atoms with van der Waals surface area (Å²) < 4.78 is 0.869. The summed E-state index contributed by atoms with van der Waals surface area (Å²) in [4.78, 5) is 20.6. The highest BCUT2D eigenvalue weighted by Crippen LogP contribution is 2.33. The fraction of sp³-hybridized carbons (Fsp3) is 0.412. The van der Waals surface area contributed by atoms with Crippen molar-refractivity contribution in [2.45, 2.75) is 32.6 Å². The maximum absolute atomic E-state index is 12.6. The van der Waals surface area contributed by atoms with Crippen molar-refractivity contribution in [3.63, 3.8) is 0 Å². The Balaban J connectivity index is 1.67. The minimum Gasteiger partial charge on any atom is -0.339 e. The Bertz CT molecular complexity index is 670. The van der Waals surface area contributed by atoms with Gasteiger partial charge in [-0.15, -0.1) is 11.3 Å². The highest BCUT2D eigenvalue weighted by Gasteiger charge is 2.27. The van der Waals surface area contributed by atoms with Crippen LogP contribution in [0.2, 0.25) is 0 Å². The van der Waals surface area contributed by atoms with E-state index in [4.69, 9.17) is 0 Å². The molecule has 3 rings (SSSR count). The fourth-order valence-corrected chi connectivity index (χ4v) is 4.35. The monoisotopic (exact) mass is 378 g/mol. The van der Waals surface area contributed by atoms with Gasteiger partial charge in [-0.1, -0.05) is 12.1 Å². The van der Waals surface area contributed by atoms with Gasteiger partial charge < -0.3 is 4.90 Å². The van der Waals surface area contributed by atoms with E-state index >= 15 is 0 Å². The van der Waals surface area contributed by atoms with Crippen molar-refractivity contribution in [2.75, 3.05) is 13.1 Å². The summed E-state index contributed by atoms with van der Waals surface area (Å²) in [5.74, 6) is 0.623. The first-order valence-electron chi connectivity index (χ1n) is 7.54. The molecule has 1 amide bonds. The maximum Gasteiger partial charge on any atom is 0.254 e. The number of nitrogens with zero attached hydrogens (tertiary/aromatic N) is 2. The molecule has 3 nitrogen and oxygen atoms in total. The van der Waals surface area contributed by atoms with Gasteiger partial charge in [-0.25, -0.2) is 4.98 Å². The van der Waals surface area contributed by atoms with Gasteiger partial charge in [0, 0.05) is 28.4 Å². The number of aromatic nitrogens is 1. The van der Waals surface area contributed by atoms with E-state index < -0.39 is 0 Å². The number of benzene rings is 1. The van der Waals surface area contributed by atoms with Crippen LogP contribution in [0.15, 0.2) is 28.7 Å². The topological polar surface area (TPSA) is 33.2 Å². The molecule has 0 unspecified atom stereocenters. The van der Waals surface area contributed by atoms with E-state index in [1.54, 1.807) is 0 Å². The molecule has 1 fully saturated rings. The van der Waals surface area contributed by atoms with Crippen LogP contribution < -0.4 is 0 Å². The number of amides is 1. The Morgan fingerprint density at radius 2 is 1.95 bits per heavy atom. The van der Waals surface area contributed by atoms with Crippen LogP contribution in [0.3, 0.4) is 0 Å². The SMILES string of the molecule is Cc1nc(C2CCN(C(=O)c3ccccc3Br)CC2)sc1C. The molecule has 1 aliphatic rings. The van der Waals surface area contributed by atoms with Crippen LogP contribution in [0.1, 0.15) is 44.7 Å². The Labute approximate surface area is 143 Å². The summed E-state index contributed by atoms with van der Waals surface area (Å²) >= 11 is 5.27. The number of hydrogen-bond donors (Lipinski definition) is 0. The molecule has 0 saturated carbocycles. The normalized spacial score (nSPS) is 16.0. The molecule has 1 aromatic carbocycles. The molecule has 0 atom stereocenters. The molecule has 1 saturated heterocycles. The van der Waals surface area contributed by atoms with Crippen LogP contribution in [0.4, 0.5) is 0 Å². The fourth-order valence-electron chi connectivity index (χ4n) is 2.81. The zero-order chi connectivity index (χ0) is 15.7. The predicted octanol–water partition coefficient (Wildman–Crippen LogP) is 4.54. The number of hydrogen-bond acceptors (Lipinski definition) is 3. The molecule has 0 radical (unpaired) electrons. The molecular formula is C17H19BrN2OS. The van der Waals surface area contributed by atoms with Crippen molar-refractivity contribution in [2.24, 2.45) is 0 Å². The quantitative estimate of drug-likeness (QED) is 0.768. The van der Waals surface area contributed by atoms with Gasteiger partial charge in [-0.3, -0.25) is 4.79 Å². The maximum atomic E-state index is 12.6. The zero-order valence-corrected chi connectivity index (χ0v) is 15.2. The standard InChI is InChI=1S/C17H19BrN2OS/c1-11-12(2)22-16(19-11)13-7-9-20(10-8-13)17(21)14-5-3-4-6-15(14)18/h3-6,13H,7-10H2,1-2H3. The second-order valence-corrected chi connectivity index (χ2v) is 7.83. The van der Waals surface area contributed by atoms with Crippen LogP contribution in [0.5, 0.6) is 0 Å². The van der Waals surface area contributed by atoms with Gasteiger partial charge in [0.05, 0.1) is 16.3 Å². The molecule has 1 aliphatic heterocycles. The lowest BCUT2D eigenvalue weighted by molar-refractivity contribution is 0.0712. The van der Waals surface area contributed by atoms with Gasteiger partial charge in [0.1, 0.15) is 0 Å². The Morgan fingerprint density at radius 3 is 2.55 bits per heavy atom. The van der Waals surface area contributed by atoms with Gasteiger partial charge in [-0.05, 0) is 54.8 Å². The number of thiazole rings is 1. The molecule has 0 spiro atoms. The van der Waals surface area contributed by atoms with E-state index in [2.05, 4.69) is 34.8 Å². The second-order valence-electron chi connectivity index (χ2n) is 5.74. The van der Waals surface area contributed by atoms with Gasteiger partial charge in [-0.2, -0.15) is 0 Å². The lowest BCUT2D eigenvalue weighted by Crippen LogP contribution is -2.38. The lowest BCUT2D eigenvalue weighted by atomic mass is 9.97. The van der Waals surface area contributed by atoms with E-state index in [-0.39, 0.29) is 5.91 Å². The van der Waals surface area contributed by atoms with E-state index in [1.807, 2.05) is 40.5 Å². The molecule has 0 bridgehead atoms.